The summed E-state index contributed by atoms with van der Waals surface area (Å²) in [4.78, 5) is 4.48. The summed E-state index contributed by atoms with van der Waals surface area (Å²) in [6.45, 7) is 6.34. The van der Waals surface area contributed by atoms with Crippen molar-refractivity contribution in [3.8, 4) is 0 Å². The molecule has 0 aromatic heterocycles. The maximum atomic E-state index is 3.45. The number of aryl methyl sites for hydroxylation is 1. The second-order valence-electron chi connectivity index (χ2n) is 4.81. The standard InChI is InChI=1S/C14H25N3/c1-13-6-5-7-14(12-13)17(4)11-9-15-8-10-16(2)3/h5-7,12,15H,8-11H2,1-4H3. The molecule has 17 heavy (non-hydrogen) atoms. The molecule has 0 bridgehead atoms. The fourth-order valence-electron chi connectivity index (χ4n) is 1.67. The van der Waals surface area contributed by atoms with Gasteiger partial charge in [-0.25, -0.2) is 0 Å². The van der Waals surface area contributed by atoms with Gasteiger partial charge in [-0.1, -0.05) is 12.1 Å². The van der Waals surface area contributed by atoms with Crippen LogP contribution in [0.25, 0.3) is 0 Å². The van der Waals surface area contributed by atoms with E-state index in [0.717, 1.165) is 26.2 Å². The molecule has 1 rings (SSSR count). The molecular formula is C14H25N3. The lowest BCUT2D eigenvalue weighted by Gasteiger charge is -2.20. The highest BCUT2D eigenvalue weighted by molar-refractivity contribution is 5.47. The lowest BCUT2D eigenvalue weighted by atomic mass is 10.2. The second-order valence-corrected chi connectivity index (χ2v) is 4.81. The molecule has 0 aliphatic heterocycles. The molecule has 0 heterocycles. The third-order valence-corrected chi connectivity index (χ3v) is 2.80. The molecule has 0 amide bonds. The van der Waals surface area contributed by atoms with Crippen LogP contribution in [-0.4, -0.2) is 52.2 Å². The van der Waals surface area contributed by atoms with E-state index in [-0.39, 0.29) is 0 Å². The van der Waals surface area contributed by atoms with Gasteiger partial charge in [0, 0.05) is 38.9 Å². The van der Waals surface area contributed by atoms with Crippen LogP contribution in [0.2, 0.25) is 0 Å². The van der Waals surface area contributed by atoms with E-state index in [1.54, 1.807) is 0 Å². The monoisotopic (exact) mass is 235 g/mol. The lowest BCUT2D eigenvalue weighted by Crippen LogP contribution is -2.33. The van der Waals surface area contributed by atoms with Crippen LogP contribution in [-0.2, 0) is 0 Å². The minimum atomic E-state index is 1.03. The minimum absolute atomic E-state index is 1.03. The number of nitrogens with one attached hydrogen (secondary N) is 1. The molecule has 0 aliphatic carbocycles. The lowest BCUT2D eigenvalue weighted by molar-refractivity contribution is 0.401. The van der Waals surface area contributed by atoms with Gasteiger partial charge in [0.15, 0.2) is 0 Å². The molecule has 0 aliphatic rings. The van der Waals surface area contributed by atoms with Crippen molar-refractivity contribution in [1.82, 2.24) is 10.2 Å². The molecule has 3 heteroatoms. The van der Waals surface area contributed by atoms with Crippen LogP contribution in [0.1, 0.15) is 5.56 Å². The van der Waals surface area contributed by atoms with Crippen LogP contribution in [0, 0.1) is 6.92 Å². The van der Waals surface area contributed by atoms with E-state index in [4.69, 9.17) is 0 Å². The van der Waals surface area contributed by atoms with Crippen molar-refractivity contribution in [3.05, 3.63) is 29.8 Å². The van der Waals surface area contributed by atoms with E-state index >= 15 is 0 Å². The molecule has 0 spiro atoms. The van der Waals surface area contributed by atoms with E-state index in [1.807, 2.05) is 0 Å². The van der Waals surface area contributed by atoms with Crippen molar-refractivity contribution < 1.29 is 0 Å². The van der Waals surface area contributed by atoms with Crippen molar-refractivity contribution >= 4 is 5.69 Å². The van der Waals surface area contributed by atoms with Crippen molar-refractivity contribution in [3.63, 3.8) is 0 Å². The van der Waals surface area contributed by atoms with Gasteiger partial charge in [0.1, 0.15) is 0 Å². The highest BCUT2D eigenvalue weighted by Gasteiger charge is 1.99. The Morgan fingerprint density at radius 2 is 1.76 bits per heavy atom. The zero-order valence-electron chi connectivity index (χ0n) is 11.5. The smallest absolute Gasteiger partial charge is 0.0366 e. The number of benzene rings is 1. The maximum absolute atomic E-state index is 3.45. The predicted octanol–water partition coefficient (Wildman–Crippen LogP) is 1.58. The van der Waals surface area contributed by atoms with Crippen molar-refractivity contribution in [2.45, 2.75) is 6.92 Å². The minimum Gasteiger partial charge on any atom is -0.373 e. The summed E-state index contributed by atoms with van der Waals surface area (Å²) in [5, 5.41) is 3.45. The fourth-order valence-corrected chi connectivity index (χ4v) is 1.67. The first-order chi connectivity index (χ1) is 8.09. The Morgan fingerprint density at radius 1 is 1.06 bits per heavy atom. The highest BCUT2D eigenvalue weighted by atomic mass is 15.1. The van der Waals surface area contributed by atoms with Gasteiger partial charge in [-0.15, -0.1) is 0 Å². The maximum Gasteiger partial charge on any atom is 0.0366 e. The van der Waals surface area contributed by atoms with E-state index in [9.17, 15) is 0 Å². The van der Waals surface area contributed by atoms with E-state index < -0.39 is 0 Å². The molecule has 1 aromatic carbocycles. The Kier molecular flexibility index (Phi) is 6.01. The van der Waals surface area contributed by atoms with E-state index in [2.05, 4.69) is 67.4 Å². The molecule has 3 nitrogen and oxygen atoms in total. The van der Waals surface area contributed by atoms with Gasteiger partial charge in [0.05, 0.1) is 0 Å². The van der Waals surface area contributed by atoms with Crippen molar-refractivity contribution in [2.75, 3.05) is 52.2 Å². The van der Waals surface area contributed by atoms with Gasteiger partial charge in [-0.2, -0.15) is 0 Å². The molecule has 96 valence electrons. The molecule has 1 aromatic rings. The number of hydrogen-bond acceptors (Lipinski definition) is 3. The molecule has 0 unspecified atom stereocenters. The van der Waals surface area contributed by atoms with Gasteiger partial charge < -0.3 is 15.1 Å². The Bertz CT molecular complexity index is 323. The van der Waals surface area contributed by atoms with Gasteiger partial charge in [-0.3, -0.25) is 0 Å². The number of rotatable bonds is 7. The van der Waals surface area contributed by atoms with Gasteiger partial charge in [0.2, 0.25) is 0 Å². The van der Waals surface area contributed by atoms with Gasteiger partial charge in [0.25, 0.3) is 0 Å². The van der Waals surface area contributed by atoms with Crippen molar-refractivity contribution in [2.24, 2.45) is 0 Å². The molecule has 0 fully saturated rings. The summed E-state index contributed by atoms with van der Waals surface area (Å²) >= 11 is 0. The zero-order valence-corrected chi connectivity index (χ0v) is 11.5. The molecular weight excluding hydrogens is 210 g/mol. The normalized spacial score (nSPS) is 10.9. The number of nitrogens with zero attached hydrogens (tertiary/aromatic N) is 2. The summed E-state index contributed by atoms with van der Waals surface area (Å²) in [7, 11) is 6.34. The third kappa shape index (κ3) is 5.71. The Labute approximate surface area is 105 Å². The van der Waals surface area contributed by atoms with Crippen LogP contribution in [0.4, 0.5) is 5.69 Å². The van der Waals surface area contributed by atoms with Gasteiger partial charge >= 0.3 is 0 Å². The summed E-state index contributed by atoms with van der Waals surface area (Å²) in [5.74, 6) is 0. The largest absolute Gasteiger partial charge is 0.373 e. The van der Waals surface area contributed by atoms with Crippen LogP contribution in [0.3, 0.4) is 0 Å². The van der Waals surface area contributed by atoms with Crippen molar-refractivity contribution in [1.29, 1.82) is 0 Å². The first kappa shape index (κ1) is 14.0. The average Bonchev–Trinajstić information content (AvgIpc) is 2.28. The molecule has 0 saturated carbocycles. The first-order valence-electron chi connectivity index (χ1n) is 6.23. The molecule has 0 atom stereocenters. The first-order valence-corrected chi connectivity index (χ1v) is 6.23. The average molecular weight is 235 g/mol. The summed E-state index contributed by atoms with van der Waals surface area (Å²) in [6.07, 6.45) is 0. The van der Waals surface area contributed by atoms with Crippen LogP contribution < -0.4 is 10.2 Å². The molecule has 1 N–H and O–H groups in total. The Balaban J connectivity index is 2.23. The Hall–Kier alpha value is -1.06. The quantitative estimate of drug-likeness (QED) is 0.724. The second kappa shape index (κ2) is 7.30. The van der Waals surface area contributed by atoms with E-state index in [1.165, 1.54) is 11.3 Å². The Morgan fingerprint density at radius 3 is 2.41 bits per heavy atom. The van der Waals surface area contributed by atoms with Gasteiger partial charge in [-0.05, 0) is 38.7 Å². The molecule has 0 radical (unpaired) electrons. The molecule has 0 saturated heterocycles. The highest BCUT2D eigenvalue weighted by Crippen LogP contribution is 2.13. The predicted molar refractivity (Wildman–Crippen MR) is 75.9 cm³/mol. The number of likely N-dealkylation sites (N-methyl/N-ethyl adjacent to an activating group) is 2. The van der Waals surface area contributed by atoms with Crippen LogP contribution in [0.15, 0.2) is 24.3 Å². The number of hydrogen-bond donors (Lipinski definition) is 1. The topological polar surface area (TPSA) is 18.5 Å². The number of anilines is 1. The summed E-state index contributed by atoms with van der Waals surface area (Å²) in [5.41, 5.74) is 2.61. The SMILES string of the molecule is Cc1cccc(N(C)CCNCCN(C)C)c1. The summed E-state index contributed by atoms with van der Waals surface area (Å²) in [6, 6.07) is 8.62. The summed E-state index contributed by atoms with van der Waals surface area (Å²) < 4.78 is 0. The zero-order chi connectivity index (χ0) is 12.7. The van der Waals surface area contributed by atoms with E-state index in [0.29, 0.717) is 0 Å². The van der Waals surface area contributed by atoms with Crippen LogP contribution in [0.5, 0.6) is 0 Å². The fraction of sp³-hybridized carbons (Fsp3) is 0.571. The third-order valence-electron chi connectivity index (χ3n) is 2.80. The van der Waals surface area contributed by atoms with Crippen LogP contribution >= 0.6 is 0 Å².